The lowest BCUT2D eigenvalue weighted by molar-refractivity contribution is -0.120. The van der Waals surface area contributed by atoms with E-state index in [1.54, 1.807) is 6.20 Å². The predicted molar refractivity (Wildman–Crippen MR) is 107 cm³/mol. The monoisotopic (exact) mass is 387 g/mol. The highest BCUT2D eigenvalue weighted by Gasteiger charge is 2.51. The van der Waals surface area contributed by atoms with Crippen molar-refractivity contribution in [3.05, 3.63) is 83.7 Å². The molecule has 1 saturated carbocycles. The topological polar surface area (TPSA) is 57.7 Å². The molecule has 0 N–H and O–H groups in total. The molecule has 1 aliphatic heterocycles. The molecule has 0 radical (unpaired) electrons. The Morgan fingerprint density at radius 3 is 2.66 bits per heavy atom. The highest BCUT2D eigenvalue weighted by atomic mass is 16.7. The molecule has 5 rings (SSSR count). The summed E-state index contributed by atoms with van der Waals surface area (Å²) in [7, 11) is 0. The zero-order valence-electron chi connectivity index (χ0n) is 16.0. The maximum Gasteiger partial charge on any atom is 0.231 e. The van der Waals surface area contributed by atoms with E-state index in [0.717, 1.165) is 29.7 Å². The number of hydrogen-bond donors (Lipinski definition) is 0. The summed E-state index contributed by atoms with van der Waals surface area (Å²) in [4.78, 5) is 17.7. The first-order valence-corrected chi connectivity index (χ1v) is 9.79. The second kappa shape index (κ2) is 7.24. The van der Waals surface area contributed by atoms with Crippen LogP contribution in [0.5, 0.6) is 17.2 Å². The number of rotatable bonds is 7. The number of carbonyl (C=O) groups is 1. The maximum absolute atomic E-state index is 13.3. The fourth-order valence-electron chi connectivity index (χ4n) is 3.79. The van der Waals surface area contributed by atoms with Crippen molar-refractivity contribution in [3.63, 3.8) is 0 Å². The van der Waals surface area contributed by atoms with Crippen molar-refractivity contribution >= 4 is 5.78 Å². The number of aromatic nitrogens is 1. The molecule has 3 aromatic rings. The van der Waals surface area contributed by atoms with Gasteiger partial charge < -0.3 is 14.2 Å². The number of carbonyl (C=O) groups excluding carboxylic acids is 1. The number of Topliss-reactive ketones (excluding diaryl/α,β-unsaturated/α-hetero) is 1. The van der Waals surface area contributed by atoms with E-state index in [0.29, 0.717) is 23.8 Å². The molecule has 146 valence electrons. The van der Waals surface area contributed by atoms with Crippen LogP contribution in [0.15, 0.2) is 66.9 Å². The molecule has 2 aliphatic rings. The molecule has 2 heterocycles. The molecule has 0 atom stereocenters. The standard InChI is InChI=1S/C24H21NO4/c26-23(24(10-11-24)18-8-9-21-22(13-18)29-16-28-21)14-19-20(7-4-12-25-19)27-15-17-5-2-1-3-6-17/h1-9,12-13H,10-11,14-16H2. The van der Waals surface area contributed by atoms with Gasteiger partial charge in [-0.2, -0.15) is 0 Å². The molecule has 1 aliphatic carbocycles. The van der Waals surface area contributed by atoms with Gasteiger partial charge in [0.05, 0.1) is 17.5 Å². The van der Waals surface area contributed by atoms with Crippen LogP contribution >= 0.6 is 0 Å². The van der Waals surface area contributed by atoms with Crippen LogP contribution in [-0.4, -0.2) is 17.6 Å². The molecule has 5 nitrogen and oxygen atoms in total. The molecule has 29 heavy (non-hydrogen) atoms. The van der Waals surface area contributed by atoms with Crippen LogP contribution < -0.4 is 14.2 Å². The van der Waals surface area contributed by atoms with Crippen LogP contribution in [0.25, 0.3) is 0 Å². The van der Waals surface area contributed by atoms with Crippen LogP contribution in [-0.2, 0) is 23.2 Å². The SMILES string of the molecule is O=C(Cc1ncccc1OCc1ccccc1)C1(c2ccc3c(c2)OCO3)CC1. The molecule has 0 unspecified atom stereocenters. The van der Waals surface area contributed by atoms with E-state index in [2.05, 4.69) is 4.98 Å². The van der Waals surface area contributed by atoms with E-state index in [-0.39, 0.29) is 19.0 Å². The molecule has 0 amide bonds. The molecular formula is C24H21NO4. The molecule has 1 fully saturated rings. The van der Waals surface area contributed by atoms with Gasteiger partial charge in [-0.05, 0) is 48.2 Å². The van der Waals surface area contributed by atoms with E-state index >= 15 is 0 Å². The highest BCUT2D eigenvalue weighted by molar-refractivity contribution is 5.94. The third-order valence-electron chi connectivity index (χ3n) is 5.62. The van der Waals surface area contributed by atoms with E-state index in [9.17, 15) is 4.79 Å². The Morgan fingerprint density at radius 1 is 1.00 bits per heavy atom. The average molecular weight is 387 g/mol. The van der Waals surface area contributed by atoms with E-state index in [1.807, 2.05) is 60.7 Å². The van der Waals surface area contributed by atoms with Gasteiger partial charge >= 0.3 is 0 Å². The molecule has 5 heteroatoms. The molecular weight excluding hydrogens is 366 g/mol. The van der Waals surface area contributed by atoms with Crippen molar-refractivity contribution in [2.45, 2.75) is 31.3 Å². The van der Waals surface area contributed by atoms with Crippen LogP contribution in [0, 0.1) is 0 Å². The van der Waals surface area contributed by atoms with Gasteiger partial charge in [0.15, 0.2) is 11.5 Å². The summed E-state index contributed by atoms with van der Waals surface area (Å²) in [6.45, 7) is 0.677. The van der Waals surface area contributed by atoms with Gasteiger partial charge in [-0.3, -0.25) is 9.78 Å². The lowest BCUT2D eigenvalue weighted by Crippen LogP contribution is -2.23. The lowest BCUT2D eigenvalue weighted by Gasteiger charge is -2.16. The smallest absolute Gasteiger partial charge is 0.231 e. The molecule has 1 aromatic heterocycles. The van der Waals surface area contributed by atoms with E-state index < -0.39 is 5.41 Å². The first kappa shape index (κ1) is 17.7. The van der Waals surface area contributed by atoms with Crippen LogP contribution in [0.4, 0.5) is 0 Å². The number of fused-ring (bicyclic) bond motifs is 1. The van der Waals surface area contributed by atoms with Crippen molar-refractivity contribution in [3.8, 4) is 17.2 Å². The van der Waals surface area contributed by atoms with Gasteiger partial charge in [-0.25, -0.2) is 0 Å². The number of hydrogen-bond acceptors (Lipinski definition) is 5. The Bertz CT molecular complexity index is 1040. The van der Waals surface area contributed by atoms with Crippen molar-refractivity contribution in [2.24, 2.45) is 0 Å². The van der Waals surface area contributed by atoms with Gasteiger partial charge in [-0.15, -0.1) is 0 Å². The zero-order valence-corrected chi connectivity index (χ0v) is 16.0. The second-order valence-electron chi connectivity index (χ2n) is 7.47. The maximum atomic E-state index is 13.3. The first-order valence-electron chi connectivity index (χ1n) is 9.79. The fourth-order valence-corrected chi connectivity index (χ4v) is 3.79. The van der Waals surface area contributed by atoms with Crippen molar-refractivity contribution in [2.75, 3.05) is 6.79 Å². The summed E-state index contributed by atoms with van der Waals surface area (Å²) in [6, 6.07) is 19.5. The summed E-state index contributed by atoms with van der Waals surface area (Å²) >= 11 is 0. The summed E-state index contributed by atoms with van der Waals surface area (Å²) < 4.78 is 16.8. The molecule has 0 bridgehead atoms. The fraction of sp³-hybridized carbons (Fsp3) is 0.250. The van der Waals surface area contributed by atoms with Gasteiger partial charge in [0.25, 0.3) is 0 Å². The third kappa shape index (κ3) is 3.44. The lowest BCUT2D eigenvalue weighted by atomic mass is 9.88. The molecule has 0 saturated heterocycles. The summed E-state index contributed by atoms with van der Waals surface area (Å²) in [5, 5.41) is 0. The summed E-state index contributed by atoms with van der Waals surface area (Å²) in [5.41, 5.74) is 2.30. The summed E-state index contributed by atoms with van der Waals surface area (Å²) in [5.74, 6) is 2.27. The minimum Gasteiger partial charge on any atom is -0.487 e. The van der Waals surface area contributed by atoms with Crippen molar-refractivity contribution in [1.82, 2.24) is 4.98 Å². The van der Waals surface area contributed by atoms with Gasteiger partial charge in [0.1, 0.15) is 18.1 Å². The van der Waals surface area contributed by atoms with Crippen LogP contribution in [0.1, 0.15) is 29.7 Å². The Hall–Kier alpha value is -3.34. The van der Waals surface area contributed by atoms with Crippen molar-refractivity contribution in [1.29, 1.82) is 0 Å². The van der Waals surface area contributed by atoms with Gasteiger partial charge in [0, 0.05) is 6.20 Å². The van der Waals surface area contributed by atoms with Gasteiger partial charge in [-0.1, -0.05) is 36.4 Å². The Kier molecular flexibility index (Phi) is 4.43. The Balaban J connectivity index is 1.33. The van der Waals surface area contributed by atoms with E-state index in [1.165, 1.54) is 0 Å². The number of pyridine rings is 1. The number of nitrogens with zero attached hydrogens (tertiary/aromatic N) is 1. The first-order chi connectivity index (χ1) is 14.2. The predicted octanol–water partition coefficient (Wildman–Crippen LogP) is 4.23. The minimum absolute atomic E-state index is 0.166. The number of ether oxygens (including phenoxy) is 3. The van der Waals surface area contributed by atoms with E-state index in [4.69, 9.17) is 14.2 Å². The molecule has 2 aromatic carbocycles. The average Bonchev–Trinajstić information content (AvgIpc) is 3.45. The molecule has 0 spiro atoms. The Morgan fingerprint density at radius 2 is 1.83 bits per heavy atom. The van der Waals surface area contributed by atoms with Crippen LogP contribution in [0.3, 0.4) is 0 Å². The largest absolute Gasteiger partial charge is 0.487 e. The number of benzene rings is 2. The van der Waals surface area contributed by atoms with Gasteiger partial charge in [0.2, 0.25) is 6.79 Å². The number of ketones is 1. The quantitative estimate of drug-likeness (QED) is 0.607. The normalized spacial score (nSPS) is 15.7. The Labute approximate surface area is 169 Å². The zero-order chi connectivity index (χ0) is 19.7. The second-order valence-corrected chi connectivity index (χ2v) is 7.47. The van der Waals surface area contributed by atoms with Crippen LogP contribution in [0.2, 0.25) is 0 Å². The van der Waals surface area contributed by atoms with Crippen molar-refractivity contribution < 1.29 is 19.0 Å². The summed E-state index contributed by atoms with van der Waals surface area (Å²) in [6.07, 6.45) is 3.65. The highest BCUT2D eigenvalue weighted by Crippen LogP contribution is 2.51. The third-order valence-corrected chi connectivity index (χ3v) is 5.62. The minimum atomic E-state index is -0.449.